The predicted molar refractivity (Wildman–Crippen MR) is 84.0 cm³/mol. The van der Waals surface area contributed by atoms with E-state index in [1.165, 1.54) is 6.07 Å². The number of carbonyl (C=O) groups excluding carboxylic acids is 1. The number of hydrogen-bond donors (Lipinski definition) is 2. The number of rotatable bonds is 5. The number of nitrogens with one attached hydrogen (secondary N) is 2. The molecule has 0 aromatic heterocycles. The monoisotopic (exact) mass is 327 g/mol. The molecule has 0 spiro atoms. The van der Waals surface area contributed by atoms with Gasteiger partial charge >= 0.3 is 0 Å². The molecule has 2 N–H and O–H groups in total. The van der Waals surface area contributed by atoms with Crippen LogP contribution in [0.25, 0.3) is 0 Å². The highest BCUT2D eigenvalue weighted by Crippen LogP contribution is 2.15. The highest BCUT2D eigenvalue weighted by atomic mass is 32.2. The van der Waals surface area contributed by atoms with Gasteiger partial charge in [-0.05, 0) is 25.1 Å². The van der Waals surface area contributed by atoms with Gasteiger partial charge in [0.05, 0.1) is 18.4 Å². The SMILES string of the molecule is CCNS(=O)(=O)Nc1cccc(C(=O)N2CCOC(C)C2)c1. The molecule has 0 bridgehead atoms. The molecule has 1 saturated heterocycles. The van der Waals surface area contributed by atoms with E-state index in [2.05, 4.69) is 9.44 Å². The van der Waals surface area contributed by atoms with Crippen molar-refractivity contribution in [3.8, 4) is 0 Å². The van der Waals surface area contributed by atoms with Gasteiger partial charge in [-0.15, -0.1) is 0 Å². The van der Waals surface area contributed by atoms with Crippen LogP contribution in [0.1, 0.15) is 24.2 Å². The molecule has 8 heteroatoms. The van der Waals surface area contributed by atoms with Crippen LogP contribution < -0.4 is 9.44 Å². The summed E-state index contributed by atoms with van der Waals surface area (Å²) in [5.41, 5.74) is 0.805. The third-order valence-corrected chi connectivity index (χ3v) is 4.40. The predicted octanol–water partition coefficient (Wildman–Crippen LogP) is 0.814. The van der Waals surface area contributed by atoms with E-state index in [9.17, 15) is 13.2 Å². The van der Waals surface area contributed by atoms with Crippen molar-refractivity contribution in [3.05, 3.63) is 29.8 Å². The quantitative estimate of drug-likeness (QED) is 0.838. The molecule has 1 aromatic carbocycles. The molecule has 2 rings (SSSR count). The summed E-state index contributed by atoms with van der Waals surface area (Å²) in [5.74, 6) is -0.125. The number of hydrogen-bond acceptors (Lipinski definition) is 4. The van der Waals surface area contributed by atoms with Crippen LogP contribution in [0, 0.1) is 0 Å². The van der Waals surface area contributed by atoms with E-state index in [1.807, 2.05) is 6.92 Å². The molecule has 0 saturated carbocycles. The Balaban J connectivity index is 2.12. The first-order valence-corrected chi connectivity index (χ1v) is 8.68. The molecule has 1 aliphatic heterocycles. The second-order valence-electron chi connectivity index (χ2n) is 5.12. The van der Waals surface area contributed by atoms with Crippen molar-refractivity contribution in [3.63, 3.8) is 0 Å². The van der Waals surface area contributed by atoms with Crippen LogP contribution in [0.4, 0.5) is 5.69 Å². The molecule has 1 aliphatic rings. The van der Waals surface area contributed by atoms with Crippen molar-refractivity contribution in [2.75, 3.05) is 31.0 Å². The zero-order valence-electron chi connectivity index (χ0n) is 12.7. The summed E-state index contributed by atoms with van der Waals surface area (Å²) in [6, 6.07) is 6.47. The highest BCUT2D eigenvalue weighted by Gasteiger charge is 2.22. The van der Waals surface area contributed by atoms with E-state index in [1.54, 1.807) is 30.0 Å². The summed E-state index contributed by atoms with van der Waals surface area (Å²) in [6.07, 6.45) is 0.00754. The molecular formula is C14H21N3O4S. The Hall–Kier alpha value is -1.64. The van der Waals surface area contributed by atoms with E-state index >= 15 is 0 Å². The highest BCUT2D eigenvalue weighted by molar-refractivity contribution is 7.90. The van der Waals surface area contributed by atoms with Crippen molar-refractivity contribution < 1.29 is 17.9 Å². The van der Waals surface area contributed by atoms with Gasteiger partial charge in [-0.2, -0.15) is 13.1 Å². The van der Waals surface area contributed by atoms with Crippen LogP contribution in [-0.4, -0.2) is 51.6 Å². The Morgan fingerprint density at radius 1 is 1.45 bits per heavy atom. The van der Waals surface area contributed by atoms with Gasteiger partial charge in [0.25, 0.3) is 16.1 Å². The molecule has 122 valence electrons. The van der Waals surface area contributed by atoms with Crippen molar-refractivity contribution in [2.45, 2.75) is 20.0 Å². The van der Waals surface area contributed by atoms with Gasteiger partial charge in [0.2, 0.25) is 0 Å². The lowest BCUT2D eigenvalue weighted by Gasteiger charge is -2.31. The van der Waals surface area contributed by atoms with Crippen molar-refractivity contribution in [1.82, 2.24) is 9.62 Å². The number of morpholine rings is 1. The lowest BCUT2D eigenvalue weighted by atomic mass is 10.1. The summed E-state index contributed by atoms with van der Waals surface area (Å²) >= 11 is 0. The summed E-state index contributed by atoms with van der Waals surface area (Å²) < 4.78 is 33.5. The third kappa shape index (κ3) is 4.43. The van der Waals surface area contributed by atoms with Crippen LogP contribution in [0.15, 0.2) is 24.3 Å². The maximum Gasteiger partial charge on any atom is 0.299 e. The van der Waals surface area contributed by atoms with Crippen LogP contribution in [0.3, 0.4) is 0 Å². The van der Waals surface area contributed by atoms with E-state index in [0.29, 0.717) is 37.5 Å². The fourth-order valence-corrected chi connectivity index (χ4v) is 3.17. The van der Waals surface area contributed by atoms with Gasteiger partial charge in [-0.25, -0.2) is 0 Å². The molecule has 0 aliphatic carbocycles. The number of amides is 1. The summed E-state index contributed by atoms with van der Waals surface area (Å²) in [7, 11) is -3.61. The standard InChI is InChI=1S/C14H21N3O4S/c1-3-15-22(19,20)16-13-6-4-5-12(9-13)14(18)17-7-8-21-11(2)10-17/h4-6,9,11,15-16H,3,7-8,10H2,1-2H3. The van der Waals surface area contributed by atoms with Crippen molar-refractivity contribution in [2.24, 2.45) is 0 Å². The van der Waals surface area contributed by atoms with Gasteiger partial charge in [0.15, 0.2) is 0 Å². The number of anilines is 1. The zero-order valence-corrected chi connectivity index (χ0v) is 13.5. The van der Waals surface area contributed by atoms with Crippen molar-refractivity contribution >= 4 is 21.8 Å². The first-order chi connectivity index (χ1) is 10.4. The molecule has 1 unspecified atom stereocenters. The topological polar surface area (TPSA) is 87.7 Å². The average Bonchev–Trinajstić information content (AvgIpc) is 2.46. The number of nitrogens with zero attached hydrogens (tertiary/aromatic N) is 1. The molecule has 1 atom stereocenters. The minimum atomic E-state index is -3.61. The fraction of sp³-hybridized carbons (Fsp3) is 0.500. The largest absolute Gasteiger partial charge is 0.375 e. The van der Waals surface area contributed by atoms with Gasteiger partial charge in [0, 0.05) is 25.2 Å². The van der Waals surface area contributed by atoms with Crippen molar-refractivity contribution in [1.29, 1.82) is 0 Å². The Bertz CT molecular complexity index is 633. The van der Waals surface area contributed by atoms with Gasteiger partial charge in [-0.1, -0.05) is 13.0 Å². The minimum Gasteiger partial charge on any atom is -0.375 e. The minimum absolute atomic E-state index is 0.00754. The molecule has 0 radical (unpaired) electrons. The molecule has 7 nitrogen and oxygen atoms in total. The van der Waals surface area contributed by atoms with Crippen LogP contribution in [0.5, 0.6) is 0 Å². The fourth-order valence-electron chi connectivity index (χ4n) is 2.28. The van der Waals surface area contributed by atoms with E-state index in [4.69, 9.17) is 4.74 Å². The van der Waals surface area contributed by atoms with Crippen LogP contribution in [-0.2, 0) is 14.9 Å². The average molecular weight is 327 g/mol. The van der Waals surface area contributed by atoms with E-state index in [-0.39, 0.29) is 12.0 Å². The molecule has 1 amide bonds. The van der Waals surface area contributed by atoms with E-state index in [0.717, 1.165) is 0 Å². The zero-order chi connectivity index (χ0) is 16.2. The summed E-state index contributed by atoms with van der Waals surface area (Å²) in [6.45, 7) is 5.49. The Kier molecular flexibility index (Phi) is 5.38. The molecule has 1 heterocycles. The number of ether oxygens (including phenoxy) is 1. The van der Waals surface area contributed by atoms with Crippen LogP contribution >= 0.6 is 0 Å². The third-order valence-electron chi connectivity index (χ3n) is 3.22. The Morgan fingerprint density at radius 3 is 2.91 bits per heavy atom. The van der Waals surface area contributed by atoms with Gasteiger partial charge < -0.3 is 9.64 Å². The number of carbonyl (C=O) groups is 1. The van der Waals surface area contributed by atoms with Crippen LogP contribution in [0.2, 0.25) is 0 Å². The summed E-state index contributed by atoms with van der Waals surface area (Å²) in [4.78, 5) is 14.2. The Morgan fingerprint density at radius 2 is 2.23 bits per heavy atom. The second kappa shape index (κ2) is 7.08. The second-order valence-corrected chi connectivity index (χ2v) is 6.62. The van der Waals surface area contributed by atoms with Gasteiger partial charge in [-0.3, -0.25) is 9.52 Å². The maximum absolute atomic E-state index is 12.5. The smallest absolute Gasteiger partial charge is 0.299 e. The van der Waals surface area contributed by atoms with Gasteiger partial charge in [0.1, 0.15) is 0 Å². The first-order valence-electron chi connectivity index (χ1n) is 7.19. The summed E-state index contributed by atoms with van der Waals surface area (Å²) in [5, 5.41) is 0. The molecular weight excluding hydrogens is 306 g/mol. The lowest BCUT2D eigenvalue weighted by Crippen LogP contribution is -2.44. The maximum atomic E-state index is 12.5. The molecule has 1 fully saturated rings. The lowest BCUT2D eigenvalue weighted by molar-refractivity contribution is -0.0124. The first kappa shape index (κ1) is 16.7. The number of benzene rings is 1. The molecule has 1 aromatic rings. The Labute approximate surface area is 130 Å². The van der Waals surface area contributed by atoms with E-state index < -0.39 is 10.2 Å². The molecule has 22 heavy (non-hydrogen) atoms. The normalized spacial score (nSPS) is 19.0.